The van der Waals surface area contributed by atoms with Crippen LogP contribution in [0.25, 0.3) is 0 Å². The second-order valence-corrected chi connectivity index (χ2v) is 3.32. The Labute approximate surface area is 79.2 Å². The van der Waals surface area contributed by atoms with Gasteiger partial charge in [-0.05, 0) is 27.2 Å². The van der Waals surface area contributed by atoms with E-state index in [1.54, 1.807) is 0 Å². The van der Waals surface area contributed by atoms with Gasteiger partial charge in [-0.2, -0.15) is 0 Å². The summed E-state index contributed by atoms with van der Waals surface area (Å²) in [6.07, 6.45) is 1.93. The summed E-state index contributed by atoms with van der Waals surface area (Å²) in [5.41, 5.74) is 0.169. The molecule has 0 saturated carbocycles. The molecule has 0 aliphatic rings. The maximum atomic E-state index is 12.6. The highest BCUT2D eigenvalue weighted by Crippen LogP contribution is 2.05. The summed E-state index contributed by atoms with van der Waals surface area (Å²) in [5.74, 6) is -0.720. The van der Waals surface area contributed by atoms with Crippen LogP contribution in [-0.4, -0.2) is 11.9 Å². The fraction of sp³-hybridized carbons (Fsp3) is 0.700. The van der Waals surface area contributed by atoms with E-state index in [4.69, 9.17) is 0 Å². The van der Waals surface area contributed by atoms with Gasteiger partial charge >= 0.3 is 0 Å². The van der Waals surface area contributed by atoms with E-state index in [1.807, 2.05) is 13.8 Å². The average Bonchev–Trinajstić information content (AvgIpc) is 2.03. The molecule has 0 aliphatic carbocycles. The first-order valence-electron chi connectivity index (χ1n) is 4.62. The molecule has 3 heteroatoms. The van der Waals surface area contributed by atoms with Gasteiger partial charge in [-0.15, -0.1) is 0 Å². The zero-order valence-corrected chi connectivity index (χ0v) is 8.78. The number of rotatable bonds is 4. The zero-order chi connectivity index (χ0) is 10.4. The Kier molecular flexibility index (Phi) is 5.35. The number of carbonyl (C=O) groups excluding carboxylic acids is 1. The van der Waals surface area contributed by atoms with Gasteiger partial charge < -0.3 is 5.32 Å². The Hall–Kier alpha value is -0.860. The fourth-order valence-corrected chi connectivity index (χ4v) is 0.994. The van der Waals surface area contributed by atoms with Crippen molar-refractivity contribution in [2.75, 3.05) is 0 Å². The van der Waals surface area contributed by atoms with Gasteiger partial charge in [0, 0.05) is 11.6 Å². The molecule has 76 valence electrons. The first-order chi connectivity index (χ1) is 5.99. The minimum atomic E-state index is -0.416. The average molecular weight is 187 g/mol. The van der Waals surface area contributed by atoms with E-state index in [0.717, 1.165) is 12.8 Å². The highest BCUT2D eigenvalue weighted by Gasteiger charge is 2.10. The summed E-state index contributed by atoms with van der Waals surface area (Å²) in [7, 11) is 0. The van der Waals surface area contributed by atoms with Crippen molar-refractivity contribution in [1.82, 2.24) is 5.32 Å². The van der Waals surface area contributed by atoms with Crippen molar-refractivity contribution >= 4 is 5.91 Å². The first-order valence-corrected chi connectivity index (χ1v) is 4.62. The van der Waals surface area contributed by atoms with Crippen molar-refractivity contribution in [2.24, 2.45) is 0 Å². The maximum Gasteiger partial charge on any atom is 0.249 e. The lowest BCUT2D eigenvalue weighted by Gasteiger charge is -2.12. The molecule has 0 fully saturated rings. The molecule has 1 unspecified atom stereocenters. The van der Waals surface area contributed by atoms with E-state index in [-0.39, 0.29) is 17.5 Å². The van der Waals surface area contributed by atoms with Crippen molar-refractivity contribution in [1.29, 1.82) is 0 Å². The summed E-state index contributed by atoms with van der Waals surface area (Å²) < 4.78 is 12.6. The van der Waals surface area contributed by atoms with E-state index in [0.29, 0.717) is 0 Å². The van der Waals surface area contributed by atoms with Gasteiger partial charge in [0.2, 0.25) is 5.91 Å². The molecule has 0 rings (SSSR count). The summed E-state index contributed by atoms with van der Waals surface area (Å²) >= 11 is 0. The fourth-order valence-electron chi connectivity index (χ4n) is 0.994. The predicted molar refractivity (Wildman–Crippen MR) is 52.0 cm³/mol. The van der Waals surface area contributed by atoms with Crippen LogP contribution in [0.4, 0.5) is 4.39 Å². The van der Waals surface area contributed by atoms with E-state index in [9.17, 15) is 9.18 Å². The van der Waals surface area contributed by atoms with Gasteiger partial charge in [0.15, 0.2) is 0 Å². The second-order valence-electron chi connectivity index (χ2n) is 3.32. The molecule has 0 aromatic rings. The smallest absolute Gasteiger partial charge is 0.249 e. The van der Waals surface area contributed by atoms with E-state index in [2.05, 4.69) is 5.32 Å². The van der Waals surface area contributed by atoms with Crippen molar-refractivity contribution in [3.8, 4) is 0 Å². The molecule has 0 aromatic carbocycles. The van der Waals surface area contributed by atoms with Gasteiger partial charge in [0.1, 0.15) is 5.83 Å². The number of amides is 1. The van der Waals surface area contributed by atoms with Gasteiger partial charge in [0.05, 0.1) is 0 Å². The van der Waals surface area contributed by atoms with E-state index >= 15 is 0 Å². The third-order valence-corrected chi connectivity index (χ3v) is 1.96. The minimum Gasteiger partial charge on any atom is -0.350 e. The van der Waals surface area contributed by atoms with Crippen LogP contribution in [0.5, 0.6) is 0 Å². The SMILES string of the molecule is CCCC(C)NC(=O)/C(C)=C(/C)F. The monoisotopic (exact) mass is 187 g/mol. The van der Waals surface area contributed by atoms with E-state index in [1.165, 1.54) is 13.8 Å². The van der Waals surface area contributed by atoms with E-state index < -0.39 is 5.83 Å². The molecule has 0 aliphatic heterocycles. The molecule has 13 heavy (non-hydrogen) atoms. The van der Waals surface area contributed by atoms with Crippen LogP contribution in [0, 0.1) is 0 Å². The summed E-state index contributed by atoms with van der Waals surface area (Å²) in [4.78, 5) is 11.3. The first kappa shape index (κ1) is 12.1. The van der Waals surface area contributed by atoms with Crippen molar-refractivity contribution in [2.45, 2.75) is 46.6 Å². The van der Waals surface area contributed by atoms with Crippen LogP contribution in [0.2, 0.25) is 0 Å². The predicted octanol–water partition coefficient (Wildman–Crippen LogP) is 2.55. The molecular weight excluding hydrogens is 169 g/mol. The molecule has 0 bridgehead atoms. The topological polar surface area (TPSA) is 29.1 Å². The highest BCUT2D eigenvalue weighted by atomic mass is 19.1. The zero-order valence-electron chi connectivity index (χ0n) is 8.78. The number of carbonyl (C=O) groups is 1. The molecule has 0 saturated heterocycles. The summed E-state index contributed by atoms with van der Waals surface area (Å²) in [6.45, 7) is 6.75. The molecule has 1 N–H and O–H groups in total. The van der Waals surface area contributed by atoms with Crippen molar-refractivity contribution in [3.05, 3.63) is 11.4 Å². The molecule has 0 heterocycles. The summed E-state index contributed by atoms with van der Waals surface area (Å²) in [6, 6.07) is 0.117. The maximum absolute atomic E-state index is 12.6. The van der Waals surface area contributed by atoms with Gasteiger partial charge in [-0.25, -0.2) is 4.39 Å². The van der Waals surface area contributed by atoms with Crippen LogP contribution in [0.3, 0.4) is 0 Å². The Bertz CT molecular complexity index is 207. The van der Waals surface area contributed by atoms with Crippen LogP contribution in [-0.2, 0) is 4.79 Å². The highest BCUT2D eigenvalue weighted by molar-refractivity contribution is 5.93. The Morgan fingerprint density at radius 2 is 2.00 bits per heavy atom. The quantitative estimate of drug-likeness (QED) is 0.673. The standard InChI is InChI=1S/C10H18FNO/c1-5-6-7(2)12-10(13)8(3)9(4)11/h7H,5-6H2,1-4H3,(H,12,13)/b9-8-. The number of nitrogens with one attached hydrogen (secondary N) is 1. The largest absolute Gasteiger partial charge is 0.350 e. The Morgan fingerprint density at radius 1 is 1.46 bits per heavy atom. The number of hydrogen-bond donors (Lipinski definition) is 1. The van der Waals surface area contributed by atoms with Crippen molar-refractivity contribution < 1.29 is 9.18 Å². The molecule has 0 aromatic heterocycles. The lowest BCUT2D eigenvalue weighted by molar-refractivity contribution is -0.118. The summed E-state index contributed by atoms with van der Waals surface area (Å²) in [5, 5.41) is 2.73. The number of allylic oxidation sites excluding steroid dienone is 1. The van der Waals surface area contributed by atoms with Gasteiger partial charge in [-0.3, -0.25) is 4.79 Å². The van der Waals surface area contributed by atoms with Crippen molar-refractivity contribution in [3.63, 3.8) is 0 Å². The molecule has 0 spiro atoms. The molecule has 1 atom stereocenters. The third kappa shape index (κ3) is 4.65. The molecule has 2 nitrogen and oxygen atoms in total. The van der Waals surface area contributed by atoms with Gasteiger partial charge in [0.25, 0.3) is 0 Å². The third-order valence-electron chi connectivity index (χ3n) is 1.96. The normalized spacial score (nSPS) is 14.8. The van der Waals surface area contributed by atoms with Crippen LogP contribution >= 0.6 is 0 Å². The van der Waals surface area contributed by atoms with Crippen LogP contribution in [0.1, 0.15) is 40.5 Å². The number of hydrogen-bond acceptors (Lipinski definition) is 1. The molecule has 0 radical (unpaired) electrons. The molecular formula is C10H18FNO. The lowest BCUT2D eigenvalue weighted by atomic mass is 10.2. The van der Waals surface area contributed by atoms with Crippen LogP contribution in [0.15, 0.2) is 11.4 Å². The minimum absolute atomic E-state index is 0.117. The second kappa shape index (κ2) is 5.73. The Balaban J connectivity index is 4.09. The van der Waals surface area contributed by atoms with Gasteiger partial charge in [-0.1, -0.05) is 13.3 Å². The van der Waals surface area contributed by atoms with Crippen LogP contribution < -0.4 is 5.32 Å². The number of halogens is 1. The lowest BCUT2D eigenvalue weighted by Crippen LogP contribution is -2.33. The Morgan fingerprint density at radius 3 is 2.38 bits per heavy atom. The molecule has 1 amide bonds.